The maximum Gasteiger partial charge on any atom is 0.125 e. The van der Waals surface area contributed by atoms with Gasteiger partial charge in [-0.05, 0) is 32.5 Å². The first-order valence-corrected chi connectivity index (χ1v) is 5.41. The molecule has 0 atom stereocenters. The van der Waals surface area contributed by atoms with Gasteiger partial charge in [0.15, 0.2) is 0 Å². The van der Waals surface area contributed by atoms with Gasteiger partial charge in [0.2, 0.25) is 0 Å². The third kappa shape index (κ3) is 2.33. The molecule has 0 aliphatic carbocycles. The molecule has 2 rings (SSSR count). The lowest BCUT2D eigenvalue weighted by Crippen LogP contribution is -2.04. The molecular weight excluding hydrogens is 202 g/mol. The van der Waals surface area contributed by atoms with Crippen molar-refractivity contribution in [2.75, 3.05) is 7.05 Å². The fourth-order valence-corrected chi connectivity index (χ4v) is 1.74. The Morgan fingerprint density at radius 1 is 1.44 bits per heavy atom. The van der Waals surface area contributed by atoms with Crippen molar-refractivity contribution in [2.45, 2.75) is 26.9 Å². The average molecular weight is 219 g/mol. The van der Waals surface area contributed by atoms with Crippen LogP contribution in [0.3, 0.4) is 0 Å². The van der Waals surface area contributed by atoms with Crippen molar-refractivity contribution < 1.29 is 4.42 Å². The monoisotopic (exact) mass is 219 g/mol. The molecule has 4 nitrogen and oxygen atoms in total. The first-order valence-electron chi connectivity index (χ1n) is 5.41. The predicted molar refractivity (Wildman–Crippen MR) is 62.3 cm³/mol. The van der Waals surface area contributed by atoms with E-state index in [1.54, 1.807) is 0 Å². The van der Waals surface area contributed by atoms with E-state index in [4.69, 9.17) is 4.42 Å². The molecule has 4 heteroatoms. The zero-order chi connectivity index (χ0) is 11.5. The van der Waals surface area contributed by atoms with Crippen molar-refractivity contribution >= 4 is 0 Å². The molecule has 1 N–H and O–H groups in total. The van der Waals surface area contributed by atoms with Crippen LogP contribution >= 0.6 is 0 Å². The summed E-state index contributed by atoms with van der Waals surface area (Å²) in [6, 6.07) is 2.09. The number of nitrogens with zero attached hydrogens (tertiary/aromatic N) is 2. The van der Waals surface area contributed by atoms with Crippen LogP contribution in [0.2, 0.25) is 0 Å². The lowest BCUT2D eigenvalue weighted by molar-refractivity contribution is 0.456. The van der Waals surface area contributed by atoms with E-state index in [9.17, 15) is 0 Å². The minimum atomic E-state index is 0.693. The van der Waals surface area contributed by atoms with Gasteiger partial charge in [0, 0.05) is 18.3 Å². The molecule has 0 saturated heterocycles. The van der Waals surface area contributed by atoms with Gasteiger partial charge in [0.1, 0.15) is 11.5 Å². The van der Waals surface area contributed by atoms with E-state index in [0.29, 0.717) is 6.54 Å². The lowest BCUT2D eigenvalue weighted by atomic mass is 10.2. The van der Waals surface area contributed by atoms with Crippen molar-refractivity contribution in [3.05, 3.63) is 41.1 Å². The summed E-state index contributed by atoms with van der Waals surface area (Å²) in [5.74, 6) is 1.93. The number of rotatable bonds is 4. The van der Waals surface area contributed by atoms with Gasteiger partial charge in [-0.2, -0.15) is 5.10 Å². The highest BCUT2D eigenvalue weighted by Gasteiger charge is 2.07. The minimum absolute atomic E-state index is 0.693. The Morgan fingerprint density at radius 2 is 2.25 bits per heavy atom. The third-order valence-electron chi connectivity index (χ3n) is 2.52. The Morgan fingerprint density at radius 3 is 2.88 bits per heavy atom. The van der Waals surface area contributed by atoms with E-state index in [0.717, 1.165) is 18.1 Å². The summed E-state index contributed by atoms with van der Waals surface area (Å²) in [6.45, 7) is 5.56. The van der Waals surface area contributed by atoms with E-state index in [-0.39, 0.29) is 0 Å². The smallest absolute Gasteiger partial charge is 0.125 e. The highest BCUT2D eigenvalue weighted by Crippen LogP contribution is 2.15. The molecule has 0 saturated carbocycles. The third-order valence-corrected chi connectivity index (χ3v) is 2.52. The molecule has 2 aromatic heterocycles. The second-order valence-electron chi connectivity index (χ2n) is 4.04. The van der Waals surface area contributed by atoms with Crippen LogP contribution in [0.5, 0.6) is 0 Å². The maximum atomic E-state index is 5.68. The van der Waals surface area contributed by atoms with Gasteiger partial charge in [-0.3, -0.25) is 4.68 Å². The Balaban J connectivity index is 2.13. The van der Waals surface area contributed by atoms with Gasteiger partial charge >= 0.3 is 0 Å². The zero-order valence-electron chi connectivity index (χ0n) is 9.95. The topological polar surface area (TPSA) is 43.0 Å². The summed E-state index contributed by atoms with van der Waals surface area (Å²) in [5, 5.41) is 7.36. The molecule has 86 valence electrons. The summed E-state index contributed by atoms with van der Waals surface area (Å²) >= 11 is 0. The second kappa shape index (κ2) is 4.53. The highest BCUT2D eigenvalue weighted by molar-refractivity contribution is 5.20. The van der Waals surface area contributed by atoms with Crippen LogP contribution in [0.1, 0.15) is 22.6 Å². The molecule has 0 bridgehead atoms. The standard InChI is InChI=1S/C12H17N3O/c1-9-5-14-15(7-9)8-12-4-11(6-13-3)10(2)16-12/h4-5,7,13H,6,8H2,1-3H3. The van der Waals surface area contributed by atoms with Crippen LogP contribution in [0, 0.1) is 13.8 Å². The molecule has 16 heavy (non-hydrogen) atoms. The van der Waals surface area contributed by atoms with Crippen LogP contribution in [-0.4, -0.2) is 16.8 Å². The van der Waals surface area contributed by atoms with Crippen molar-refractivity contribution in [1.82, 2.24) is 15.1 Å². The Bertz CT molecular complexity index is 470. The SMILES string of the molecule is CNCc1cc(Cn2cc(C)cn2)oc1C. The summed E-state index contributed by atoms with van der Waals surface area (Å²) in [5.41, 5.74) is 2.38. The maximum absolute atomic E-state index is 5.68. The molecule has 0 aliphatic heterocycles. The van der Waals surface area contributed by atoms with Crippen LogP contribution in [0.4, 0.5) is 0 Å². The Hall–Kier alpha value is -1.55. The zero-order valence-corrected chi connectivity index (χ0v) is 9.95. The van der Waals surface area contributed by atoms with Crippen molar-refractivity contribution in [3.63, 3.8) is 0 Å². The number of furan rings is 1. The van der Waals surface area contributed by atoms with E-state index < -0.39 is 0 Å². The summed E-state index contributed by atoms with van der Waals surface area (Å²) in [7, 11) is 1.93. The summed E-state index contributed by atoms with van der Waals surface area (Å²) in [6.07, 6.45) is 3.86. The Labute approximate surface area is 95.3 Å². The molecular formula is C12H17N3O. The lowest BCUT2D eigenvalue weighted by Gasteiger charge is -1.96. The van der Waals surface area contributed by atoms with Crippen LogP contribution in [-0.2, 0) is 13.1 Å². The van der Waals surface area contributed by atoms with Crippen LogP contribution < -0.4 is 5.32 Å². The van der Waals surface area contributed by atoms with E-state index in [1.165, 1.54) is 11.1 Å². The van der Waals surface area contributed by atoms with Crippen molar-refractivity contribution in [2.24, 2.45) is 0 Å². The number of aromatic nitrogens is 2. The van der Waals surface area contributed by atoms with Crippen molar-refractivity contribution in [1.29, 1.82) is 0 Å². The number of aryl methyl sites for hydroxylation is 2. The van der Waals surface area contributed by atoms with Gasteiger partial charge < -0.3 is 9.73 Å². The average Bonchev–Trinajstić information content (AvgIpc) is 2.76. The van der Waals surface area contributed by atoms with E-state index >= 15 is 0 Å². The normalized spacial score (nSPS) is 10.9. The van der Waals surface area contributed by atoms with Crippen molar-refractivity contribution in [3.8, 4) is 0 Å². The van der Waals surface area contributed by atoms with Gasteiger partial charge in [-0.1, -0.05) is 0 Å². The number of hydrogen-bond acceptors (Lipinski definition) is 3. The molecule has 0 amide bonds. The first-order chi connectivity index (χ1) is 7.69. The quantitative estimate of drug-likeness (QED) is 0.853. The molecule has 0 aromatic carbocycles. The minimum Gasteiger partial charge on any atom is -0.464 e. The first kappa shape index (κ1) is 11.0. The fraction of sp³-hybridized carbons (Fsp3) is 0.417. The van der Waals surface area contributed by atoms with Crippen LogP contribution in [0.15, 0.2) is 22.9 Å². The molecule has 0 aliphatic rings. The molecule has 0 unspecified atom stereocenters. The Kier molecular flexibility index (Phi) is 3.10. The largest absolute Gasteiger partial charge is 0.464 e. The van der Waals surface area contributed by atoms with E-state index in [2.05, 4.69) is 16.5 Å². The molecule has 2 heterocycles. The highest BCUT2D eigenvalue weighted by atomic mass is 16.3. The van der Waals surface area contributed by atoms with Gasteiger partial charge in [0.25, 0.3) is 0 Å². The van der Waals surface area contributed by atoms with Gasteiger partial charge in [-0.15, -0.1) is 0 Å². The molecule has 0 spiro atoms. The number of nitrogens with one attached hydrogen (secondary N) is 1. The van der Waals surface area contributed by atoms with E-state index in [1.807, 2.05) is 38.0 Å². The summed E-state index contributed by atoms with van der Waals surface area (Å²) in [4.78, 5) is 0. The molecule has 0 fully saturated rings. The predicted octanol–water partition coefficient (Wildman–Crippen LogP) is 1.86. The summed E-state index contributed by atoms with van der Waals surface area (Å²) < 4.78 is 7.57. The molecule has 0 radical (unpaired) electrons. The second-order valence-corrected chi connectivity index (χ2v) is 4.04. The van der Waals surface area contributed by atoms with Gasteiger partial charge in [-0.25, -0.2) is 0 Å². The number of hydrogen-bond donors (Lipinski definition) is 1. The van der Waals surface area contributed by atoms with Gasteiger partial charge in [0.05, 0.1) is 12.7 Å². The fourth-order valence-electron chi connectivity index (χ4n) is 1.74. The van der Waals surface area contributed by atoms with Crippen LogP contribution in [0.25, 0.3) is 0 Å². The molecule has 2 aromatic rings.